The molecular weight excluding hydrogens is 290 g/mol. The molecule has 0 fully saturated rings. The van der Waals surface area contributed by atoms with Crippen LogP contribution in [0.25, 0.3) is 0 Å². The number of aromatic amines is 1. The third-order valence-corrected chi connectivity index (χ3v) is 3.84. The van der Waals surface area contributed by atoms with Gasteiger partial charge in [-0.1, -0.05) is 23.9 Å². The fourth-order valence-electron chi connectivity index (χ4n) is 1.88. The average molecular weight is 307 g/mol. The van der Waals surface area contributed by atoms with E-state index in [1.54, 1.807) is 18.2 Å². The summed E-state index contributed by atoms with van der Waals surface area (Å²) in [7, 11) is 0. The monoisotopic (exact) mass is 307 g/mol. The number of benzene rings is 1. The standard InChI is InChI=1S/C14H17N3O3S/c1-3-17-13(19)15-16-14(17)21-9-11(18)10-7-5-6-8-12(10)20-4-2/h5-8H,3-4,9H2,1-2H3,(H,15,19). The lowest BCUT2D eigenvalue weighted by Crippen LogP contribution is -2.16. The topological polar surface area (TPSA) is 77.0 Å². The first-order valence-corrected chi connectivity index (χ1v) is 7.69. The van der Waals surface area contributed by atoms with Crippen LogP contribution in [0, 0.1) is 0 Å². The van der Waals surface area contributed by atoms with E-state index >= 15 is 0 Å². The van der Waals surface area contributed by atoms with Gasteiger partial charge in [-0.05, 0) is 26.0 Å². The Morgan fingerprint density at radius 1 is 1.38 bits per heavy atom. The van der Waals surface area contributed by atoms with Crippen molar-refractivity contribution in [2.24, 2.45) is 0 Å². The van der Waals surface area contributed by atoms with Gasteiger partial charge in [0.05, 0.1) is 17.9 Å². The summed E-state index contributed by atoms with van der Waals surface area (Å²) in [5, 5.41) is 6.82. The predicted octanol–water partition coefficient (Wildman–Crippen LogP) is 1.96. The van der Waals surface area contributed by atoms with Crippen molar-refractivity contribution in [1.29, 1.82) is 0 Å². The molecule has 0 saturated carbocycles. The highest BCUT2D eigenvalue weighted by Gasteiger charge is 2.14. The molecule has 2 aromatic rings. The average Bonchev–Trinajstić information content (AvgIpc) is 2.85. The van der Waals surface area contributed by atoms with Crippen LogP contribution in [0.2, 0.25) is 0 Å². The van der Waals surface area contributed by atoms with E-state index in [2.05, 4.69) is 10.2 Å². The molecule has 6 nitrogen and oxygen atoms in total. The van der Waals surface area contributed by atoms with E-state index in [1.165, 1.54) is 16.3 Å². The first-order chi connectivity index (χ1) is 10.2. The highest BCUT2D eigenvalue weighted by molar-refractivity contribution is 7.99. The Morgan fingerprint density at radius 3 is 2.86 bits per heavy atom. The summed E-state index contributed by atoms with van der Waals surface area (Å²) in [5.41, 5.74) is 0.287. The Kier molecular flexibility index (Phi) is 5.21. The van der Waals surface area contributed by atoms with Crippen LogP contribution in [0.1, 0.15) is 24.2 Å². The summed E-state index contributed by atoms with van der Waals surface area (Å²) < 4.78 is 6.94. The molecule has 1 heterocycles. The molecule has 0 amide bonds. The van der Waals surface area contributed by atoms with Crippen LogP contribution in [0.15, 0.2) is 34.2 Å². The quantitative estimate of drug-likeness (QED) is 0.625. The normalized spacial score (nSPS) is 10.6. The summed E-state index contributed by atoms with van der Waals surface area (Å²) in [4.78, 5) is 23.7. The van der Waals surface area contributed by atoms with Crippen molar-refractivity contribution in [3.8, 4) is 5.75 Å². The number of para-hydroxylation sites is 1. The van der Waals surface area contributed by atoms with E-state index in [1.807, 2.05) is 19.9 Å². The lowest BCUT2D eigenvalue weighted by molar-refractivity contribution is 0.101. The number of hydrogen-bond donors (Lipinski definition) is 1. The van der Waals surface area contributed by atoms with Gasteiger partial charge in [0.15, 0.2) is 10.9 Å². The van der Waals surface area contributed by atoms with Crippen LogP contribution in [0.5, 0.6) is 5.75 Å². The Bertz CT molecular complexity index is 678. The number of hydrogen-bond acceptors (Lipinski definition) is 5. The van der Waals surface area contributed by atoms with Gasteiger partial charge < -0.3 is 4.74 Å². The fraction of sp³-hybridized carbons (Fsp3) is 0.357. The molecule has 0 radical (unpaired) electrons. The van der Waals surface area contributed by atoms with Crippen molar-refractivity contribution < 1.29 is 9.53 Å². The first kappa shape index (κ1) is 15.4. The molecule has 7 heteroatoms. The van der Waals surface area contributed by atoms with E-state index in [9.17, 15) is 9.59 Å². The van der Waals surface area contributed by atoms with E-state index in [0.717, 1.165) is 0 Å². The number of rotatable bonds is 7. The minimum absolute atomic E-state index is 0.0536. The van der Waals surface area contributed by atoms with Crippen molar-refractivity contribution >= 4 is 17.5 Å². The molecule has 1 aromatic carbocycles. The maximum Gasteiger partial charge on any atom is 0.343 e. The maximum atomic E-state index is 12.3. The summed E-state index contributed by atoms with van der Waals surface area (Å²) in [6.07, 6.45) is 0. The number of Topliss-reactive ketones (excluding diaryl/α,β-unsaturated/α-hetero) is 1. The van der Waals surface area contributed by atoms with Crippen molar-refractivity contribution in [3.05, 3.63) is 40.3 Å². The van der Waals surface area contributed by atoms with E-state index in [-0.39, 0.29) is 17.2 Å². The SMILES string of the molecule is CCOc1ccccc1C(=O)CSc1n[nH]c(=O)n1CC. The van der Waals surface area contributed by atoms with Gasteiger partial charge in [-0.15, -0.1) is 5.10 Å². The molecule has 2 rings (SSSR count). The molecule has 0 unspecified atom stereocenters. The molecule has 1 aromatic heterocycles. The number of ether oxygens (including phenoxy) is 1. The smallest absolute Gasteiger partial charge is 0.343 e. The number of thioether (sulfide) groups is 1. The van der Waals surface area contributed by atoms with Crippen LogP contribution in [-0.4, -0.2) is 32.9 Å². The van der Waals surface area contributed by atoms with E-state index in [0.29, 0.717) is 29.6 Å². The number of ketones is 1. The maximum absolute atomic E-state index is 12.3. The summed E-state index contributed by atoms with van der Waals surface area (Å²) in [5.74, 6) is 0.733. The van der Waals surface area contributed by atoms with E-state index in [4.69, 9.17) is 4.74 Å². The van der Waals surface area contributed by atoms with Gasteiger partial charge in [-0.25, -0.2) is 9.89 Å². The van der Waals surface area contributed by atoms with E-state index < -0.39 is 0 Å². The van der Waals surface area contributed by atoms with Crippen LogP contribution in [0.4, 0.5) is 0 Å². The van der Waals surface area contributed by atoms with Gasteiger partial charge in [0.2, 0.25) is 0 Å². The minimum Gasteiger partial charge on any atom is -0.493 e. The molecule has 1 N–H and O–H groups in total. The zero-order valence-corrected chi connectivity index (χ0v) is 12.8. The van der Waals surface area contributed by atoms with Crippen molar-refractivity contribution in [1.82, 2.24) is 14.8 Å². The van der Waals surface area contributed by atoms with Gasteiger partial charge in [0.25, 0.3) is 0 Å². The van der Waals surface area contributed by atoms with Gasteiger partial charge in [0.1, 0.15) is 5.75 Å². The number of nitrogens with one attached hydrogen (secondary N) is 1. The van der Waals surface area contributed by atoms with Crippen LogP contribution in [0.3, 0.4) is 0 Å². The third kappa shape index (κ3) is 3.55. The second kappa shape index (κ2) is 7.12. The largest absolute Gasteiger partial charge is 0.493 e. The Hall–Kier alpha value is -2.02. The molecule has 0 aliphatic heterocycles. The molecule has 0 aliphatic rings. The van der Waals surface area contributed by atoms with Gasteiger partial charge in [-0.2, -0.15) is 0 Å². The third-order valence-electron chi connectivity index (χ3n) is 2.86. The molecule has 112 valence electrons. The second-order valence-electron chi connectivity index (χ2n) is 4.20. The Balaban J connectivity index is 2.10. The van der Waals surface area contributed by atoms with Gasteiger partial charge in [-0.3, -0.25) is 9.36 Å². The molecule has 0 spiro atoms. The molecule has 0 atom stereocenters. The van der Waals surface area contributed by atoms with Crippen molar-refractivity contribution in [2.45, 2.75) is 25.5 Å². The number of carbonyl (C=O) groups is 1. The first-order valence-electron chi connectivity index (χ1n) is 6.70. The summed E-state index contributed by atoms with van der Waals surface area (Å²) in [6.45, 7) is 4.75. The Labute approximate surface area is 126 Å². The van der Waals surface area contributed by atoms with Crippen LogP contribution in [-0.2, 0) is 6.54 Å². The van der Waals surface area contributed by atoms with Crippen LogP contribution >= 0.6 is 11.8 Å². The van der Waals surface area contributed by atoms with Gasteiger partial charge >= 0.3 is 5.69 Å². The molecule has 0 saturated heterocycles. The van der Waals surface area contributed by atoms with Gasteiger partial charge in [0, 0.05) is 6.54 Å². The highest BCUT2D eigenvalue weighted by atomic mass is 32.2. The van der Waals surface area contributed by atoms with Crippen LogP contribution < -0.4 is 10.4 Å². The number of H-pyrrole nitrogens is 1. The van der Waals surface area contributed by atoms with Crippen molar-refractivity contribution in [3.63, 3.8) is 0 Å². The second-order valence-corrected chi connectivity index (χ2v) is 5.14. The number of carbonyl (C=O) groups excluding carboxylic acids is 1. The highest BCUT2D eigenvalue weighted by Crippen LogP contribution is 2.22. The molecule has 0 bridgehead atoms. The van der Waals surface area contributed by atoms with Crippen molar-refractivity contribution in [2.75, 3.05) is 12.4 Å². The zero-order valence-electron chi connectivity index (χ0n) is 12.0. The lowest BCUT2D eigenvalue weighted by Gasteiger charge is -2.08. The lowest BCUT2D eigenvalue weighted by atomic mass is 10.1. The molecule has 0 aliphatic carbocycles. The zero-order chi connectivity index (χ0) is 15.2. The molecule has 21 heavy (non-hydrogen) atoms. The minimum atomic E-state index is -0.262. The summed E-state index contributed by atoms with van der Waals surface area (Å²) in [6, 6.07) is 7.15. The number of aromatic nitrogens is 3. The molecular formula is C14H17N3O3S. The Morgan fingerprint density at radius 2 is 2.14 bits per heavy atom. The number of nitrogens with zero attached hydrogens (tertiary/aromatic N) is 2. The summed E-state index contributed by atoms with van der Waals surface area (Å²) >= 11 is 1.24. The predicted molar refractivity (Wildman–Crippen MR) is 81.2 cm³/mol. The fourth-order valence-corrected chi connectivity index (χ4v) is 2.77.